The Morgan fingerprint density at radius 2 is 2.15 bits per heavy atom. The largest absolute Gasteiger partial charge is 0.246 e. The smallest absolute Gasteiger partial charge is 0.116 e. The first kappa shape index (κ1) is 9.73. The molecule has 0 amide bonds. The van der Waals surface area contributed by atoms with Gasteiger partial charge in [0.1, 0.15) is 6.67 Å². The second-order valence-electron chi connectivity index (χ2n) is 3.32. The number of benzene rings is 1. The van der Waals surface area contributed by atoms with Crippen LogP contribution in [0, 0.1) is 11.3 Å². The van der Waals surface area contributed by atoms with Crippen molar-refractivity contribution in [2.45, 2.75) is 26.4 Å². The van der Waals surface area contributed by atoms with Gasteiger partial charge in [-0.15, -0.1) is 0 Å². The second kappa shape index (κ2) is 4.04. The van der Waals surface area contributed by atoms with Crippen LogP contribution in [-0.4, -0.2) is 0 Å². The Hall–Kier alpha value is -1.36. The lowest BCUT2D eigenvalue weighted by molar-refractivity contribution is 0.484. The first-order chi connectivity index (χ1) is 6.19. The molecule has 1 aromatic rings. The second-order valence-corrected chi connectivity index (χ2v) is 3.32. The number of halogens is 1. The van der Waals surface area contributed by atoms with Gasteiger partial charge in [-0.25, -0.2) is 4.39 Å². The molecule has 0 heterocycles. The fraction of sp³-hybridized carbons (Fsp3) is 0.364. The van der Waals surface area contributed by atoms with Crippen molar-refractivity contribution >= 4 is 0 Å². The average Bonchev–Trinajstić information content (AvgIpc) is 2.16. The van der Waals surface area contributed by atoms with Gasteiger partial charge in [-0.05, 0) is 17.5 Å². The molecule has 1 nitrogen and oxygen atoms in total. The normalized spacial score (nSPS) is 10.1. The molecule has 0 aliphatic heterocycles. The van der Waals surface area contributed by atoms with Crippen molar-refractivity contribution in [3.8, 4) is 6.07 Å². The van der Waals surface area contributed by atoms with E-state index in [2.05, 4.69) is 0 Å². The minimum atomic E-state index is -0.566. The van der Waals surface area contributed by atoms with Crippen LogP contribution in [0.5, 0.6) is 0 Å². The van der Waals surface area contributed by atoms with E-state index in [0.29, 0.717) is 17.0 Å². The molecule has 0 saturated heterocycles. The maximum atomic E-state index is 12.5. The standard InChI is InChI=1S/C11H12FN/c1-8(2)9-3-4-10(7-13)11(5-9)6-12/h3-5,8H,6H2,1-2H3. The molecule has 13 heavy (non-hydrogen) atoms. The Labute approximate surface area is 77.8 Å². The highest BCUT2D eigenvalue weighted by Crippen LogP contribution is 2.19. The van der Waals surface area contributed by atoms with Crippen LogP contribution in [0.1, 0.15) is 36.5 Å². The zero-order chi connectivity index (χ0) is 9.84. The van der Waals surface area contributed by atoms with Gasteiger partial charge in [0.2, 0.25) is 0 Å². The van der Waals surface area contributed by atoms with Gasteiger partial charge in [0.05, 0.1) is 11.6 Å². The van der Waals surface area contributed by atoms with E-state index in [1.54, 1.807) is 12.1 Å². The number of rotatable bonds is 2. The number of hydrogen-bond acceptors (Lipinski definition) is 1. The fourth-order valence-electron chi connectivity index (χ4n) is 1.19. The summed E-state index contributed by atoms with van der Waals surface area (Å²) in [6, 6.07) is 7.30. The molecule has 0 spiro atoms. The summed E-state index contributed by atoms with van der Waals surface area (Å²) in [6.45, 7) is 3.52. The molecule has 0 radical (unpaired) electrons. The van der Waals surface area contributed by atoms with Gasteiger partial charge in [0.25, 0.3) is 0 Å². The molecule has 0 saturated carbocycles. The SMILES string of the molecule is CC(C)c1ccc(C#N)c(CF)c1. The Morgan fingerprint density at radius 1 is 1.46 bits per heavy atom. The molecule has 0 fully saturated rings. The van der Waals surface area contributed by atoms with Gasteiger partial charge in [0.15, 0.2) is 0 Å². The molecule has 0 unspecified atom stereocenters. The van der Waals surface area contributed by atoms with E-state index in [0.717, 1.165) is 5.56 Å². The van der Waals surface area contributed by atoms with E-state index in [1.165, 1.54) is 0 Å². The number of nitrogens with zero attached hydrogens (tertiary/aromatic N) is 1. The molecule has 1 rings (SSSR count). The minimum absolute atomic E-state index is 0.373. The summed E-state index contributed by atoms with van der Waals surface area (Å²) in [4.78, 5) is 0. The summed E-state index contributed by atoms with van der Waals surface area (Å²) >= 11 is 0. The molecule has 68 valence electrons. The molecular formula is C11H12FN. The van der Waals surface area contributed by atoms with Crippen molar-refractivity contribution in [2.24, 2.45) is 0 Å². The van der Waals surface area contributed by atoms with E-state index in [9.17, 15) is 4.39 Å². The molecule has 0 atom stereocenters. The summed E-state index contributed by atoms with van der Waals surface area (Å²) in [7, 11) is 0. The highest BCUT2D eigenvalue weighted by atomic mass is 19.1. The third-order valence-corrected chi connectivity index (χ3v) is 2.06. The van der Waals surface area contributed by atoms with E-state index in [4.69, 9.17) is 5.26 Å². The van der Waals surface area contributed by atoms with Crippen molar-refractivity contribution in [2.75, 3.05) is 0 Å². The monoisotopic (exact) mass is 177 g/mol. The molecule has 0 aliphatic rings. The molecule has 0 N–H and O–H groups in total. The number of nitriles is 1. The van der Waals surface area contributed by atoms with Crippen LogP contribution in [0.15, 0.2) is 18.2 Å². The summed E-state index contributed by atoms with van der Waals surface area (Å²) in [5.41, 5.74) is 2.01. The molecule has 0 bridgehead atoms. The lowest BCUT2D eigenvalue weighted by Gasteiger charge is -2.07. The summed E-state index contributed by atoms with van der Waals surface area (Å²) in [6.07, 6.45) is 0. The summed E-state index contributed by atoms with van der Waals surface area (Å²) < 4.78 is 12.5. The third-order valence-electron chi connectivity index (χ3n) is 2.06. The Kier molecular flexibility index (Phi) is 3.02. The van der Waals surface area contributed by atoms with Crippen LogP contribution < -0.4 is 0 Å². The van der Waals surface area contributed by atoms with Crippen molar-refractivity contribution in [1.29, 1.82) is 5.26 Å². The summed E-state index contributed by atoms with van der Waals surface area (Å²) in [5, 5.41) is 8.66. The average molecular weight is 177 g/mol. The van der Waals surface area contributed by atoms with Gasteiger partial charge < -0.3 is 0 Å². The zero-order valence-corrected chi connectivity index (χ0v) is 7.84. The number of alkyl halides is 1. The van der Waals surface area contributed by atoms with Gasteiger partial charge in [-0.1, -0.05) is 26.0 Å². The molecule has 0 aromatic heterocycles. The molecular weight excluding hydrogens is 165 g/mol. The maximum absolute atomic E-state index is 12.5. The maximum Gasteiger partial charge on any atom is 0.116 e. The lowest BCUT2D eigenvalue weighted by Crippen LogP contribution is -1.92. The van der Waals surface area contributed by atoms with Crippen LogP contribution in [0.3, 0.4) is 0 Å². The highest BCUT2D eigenvalue weighted by molar-refractivity contribution is 5.40. The van der Waals surface area contributed by atoms with Gasteiger partial charge in [-0.3, -0.25) is 0 Å². The number of hydrogen-bond donors (Lipinski definition) is 0. The Morgan fingerprint density at radius 3 is 2.62 bits per heavy atom. The quantitative estimate of drug-likeness (QED) is 0.680. The molecule has 0 aliphatic carbocycles. The highest BCUT2D eigenvalue weighted by Gasteiger charge is 2.05. The van der Waals surface area contributed by atoms with Gasteiger partial charge >= 0.3 is 0 Å². The lowest BCUT2D eigenvalue weighted by atomic mass is 9.98. The first-order valence-electron chi connectivity index (χ1n) is 4.28. The van der Waals surface area contributed by atoms with E-state index >= 15 is 0 Å². The van der Waals surface area contributed by atoms with Crippen molar-refractivity contribution in [3.63, 3.8) is 0 Å². The van der Waals surface area contributed by atoms with E-state index in [-0.39, 0.29) is 0 Å². The third kappa shape index (κ3) is 2.06. The zero-order valence-electron chi connectivity index (χ0n) is 7.84. The summed E-state index contributed by atoms with van der Waals surface area (Å²) in [5.74, 6) is 0.373. The van der Waals surface area contributed by atoms with Crippen LogP contribution in [0.25, 0.3) is 0 Å². The van der Waals surface area contributed by atoms with Crippen LogP contribution in [0.2, 0.25) is 0 Å². The molecule has 1 aromatic carbocycles. The topological polar surface area (TPSA) is 23.8 Å². The van der Waals surface area contributed by atoms with Gasteiger partial charge in [0, 0.05) is 5.56 Å². The van der Waals surface area contributed by atoms with Crippen LogP contribution in [-0.2, 0) is 6.67 Å². The van der Waals surface area contributed by atoms with Gasteiger partial charge in [-0.2, -0.15) is 5.26 Å². The van der Waals surface area contributed by atoms with Crippen LogP contribution in [0.4, 0.5) is 4.39 Å². The predicted molar refractivity (Wildman–Crippen MR) is 50.1 cm³/mol. The Bertz CT molecular complexity index is 336. The van der Waals surface area contributed by atoms with Crippen molar-refractivity contribution < 1.29 is 4.39 Å². The fourth-order valence-corrected chi connectivity index (χ4v) is 1.19. The predicted octanol–water partition coefficient (Wildman–Crippen LogP) is 3.15. The Balaban J connectivity index is 3.15. The van der Waals surface area contributed by atoms with Crippen LogP contribution >= 0.6 is 0 Å². The first-order valence-corrected chi connectivity index (χ1v) is 4.28. The van der Waals surface area contributed by atoms with E-state index < -0.39 is 6.67 Å². The minimum Gasteiger partial charge on any atom is -0.246 e. The van der Waals surface area contributed by atoms with Crippen molar-refractivity contribution in [3.05, 3.63) is 34.9 Å². The van der Waals surface area contributed by atoms with Crippen molar-refractivity contribution in [1.82, 2.24) is 0 Å². The van der Waals surface area contributed by atoms with E-state index in [1.807, 2.05) is 26.0 Å². The molecule has 2 heteroatoms.